The molecule has 0 fully saturated rings. The van der Waals surface area contributed by atoms with E-state index < -0.39 is 0 Å². The van der Waals surface area contributed by atoms with Gasteiger partial charge in [0.15, 0.2) is 0 Å². The van der Waals surface area contributed by atoms with Crippen molar-refractivity contribution in [2.75, 3.05) is 0 Å². The van der Waals surface area contributed by atoms with E-state index in [0.717, 1.165) is 34.9 Å². The summed E-state index contributed by atoms with van der Waals surface area (Å²) >= 11 is 0. The maximum Gasteiger partial charge on any atom is 0.146 e. The fourth-order valence-corrected chi connectivity index (χ4v) is 4.48. The van der Waals surface area contributed by atoms with E-state index in [2.05, 4.69) is 68.2 Å². The molecule has 4 aromatic rings. The van der Waals surface area contributed by atoms with Crippen molar-refractivity contribution in [1.82, 2.24) is 0 Å². The van der Waals surface area contributed by atoms with Crippen molar-refractivity contribution in [3.8, 4) is 23.0 Å². The van der Waals surface area contributed by atoms with Crippen LogP contribution in [0.1, 0.15) is 74.6 Å². The van der Waals surface area contributed by atoms with Crippen LogP contribution >= 0.6 is 0 Å². The van der Waals surface area contributed by atoms with Gasteiger partial charge in [-0.1, -0.05) is 106 Å². The highest BCUT2D eigenvalue weighted by Crippen LogP contribution is 2.28. The molecule has 0 aliphatic rings. The zero-order chi connectivity index (χ0) is 24.5. The third-order valence-electron chi connectivity index (χ3n) is 6.67. The summed E-state index contributed by atoms with van der Waals surface area (Å²) < 4.78 is 15.2. The van der Waals surface area contributed by atoms with Crippen LogP contribution < -0.4 is 0 Å². The number of aryl methyl sites for hydroxylation is 2. The van der Waals surface area contributed by atoms with Crippen LogP contribution in [0.15, 0.2) is 78.9 Å². The molecule has 0 saturated heterocycles. The first kappa shape index (κ1) is 24.7. The highest BCUT2D eigenvalue weighted by molar-refractivity contribution is 5.89. The number of benzene rings is 4. The average Bonchev–Trinajstić information content (AvgIpc) is 2.90. The summed E-state index contributed by atoms with van der Waals surface area (Å²) in [6.07, 6.45) is 9.69. The van der Waals surface area contributed by atoms with Crippen LogP contribution in [0.2, 0.25) is 0 Å². The molecule has 0 atom stereocenters. The maximum absolute atomic E-state index is 15.2. The second kappa shape index (κ2) is 12.4. The molecule has 4 aromatic carbocycles. The van der Waals surface area contributed by atoms with E-state index in [1.54, 1.807) is 6.07 Å². The molecular formula is C34H35F. The van der Waals surface area contributed by atoms with Crippen molar-refractivity contribution in [2.24, 2.45) is 0 Å². The predicted molar refractivity (Wildman–Crippen MR) is 148 cm³/mol. The van der Waals surface area contributed by atoms with Gasteiger partial charge in [0.05, 0.1) is 5.56 Å². The summed E-state index contributed by atoms with van der Waals surface area (Å²) in [5, 5.41) is 1.51. The van der Waals surface area contributed by atoms with Crippen molar-refractivity contribution in [2.45, 2.75) is 65.2 Å². The number of hydrogen-bond acceptors (Lipinski definition) is 0. The van der Waals surface area contributed by atoms with Crippen LogP contribution in [0.4, 0.5) is 4.39 Å². The first-order valence-corrected chi connectivity index (χ1v) is 13.1. The minimum atomic E-state index is -0.246. The summed E-state index contributed by atoms with van der Waals surface area (Å²) in [6, 6.07) is 26.8. The second-order valence-corrected chi connectivity index (χ2v) is 9.42. The minimum absolute atomic E-state index is 0.246. The molecule has 4 rings (SSSR count). The van der Waals surface area contributed by atoms with E-state index in [9.17, 15) is 0 Å². The van der Waals surface area contributed by atoms with Gasteiger partial charge in [-0.25, -0.2) is 4.39 Å². The summed E-state index contributed by atoms with van der Waals surface area (Å²) in [6.45, 7) is 4.45. The normalized spacial score (nSPS) is 10.8. The Morgan fingerprint density at radius 1 is 0.600 bits per heavy atom. The maximum atomic E-state index is 15.2. The molecule has 1 heteroatoms. The van der Waals surface area contributed by atoms with Gasteiger partial charge in [-0.2, -0.15) is 0 Å². The number of hydrogen-bond donors (Lipinski definition) is 0. The third-order valence-corrected chi connectivity index (χ3v) is 6.67. The Balaban J connectivity index is 1.49. The Kier molecular flexibility index (Phi) is 8.74. The summed E-state index contributed by atoms with van der Waals surface area (Å²) in [7, 11) is 0. The first-order valence-electron chi connectivity index (χ1n) is 13.1. The molecule has 0 spiro atoms. The number of rotatable bonds is 9. The lowest BCUT2D eigenvalue weighted by molar-refractivity contribution is 0.636. The van der Waals surface area contributed by atoms with E-state index in [1.165, 1.54) is 49.7 Å². The standard InChI is InChI=1S/C34H35F/c1-3-5-7-9-26-11-13-28(14-12-26)17-20-30-21-22-32-25-31(23-24-33(32)34(30)35)29-18-15-27(16-19-29)10-8-6-4-2/h11-16,18-19,21-25H,3-10H2,1-2H3. The van der Waals surface area contributed by atoms with Crippen molar-refractivity contribution in [3.05, 3.63) is 107 Å². The van der Waals surface area contributed by atoms with Crippen LogP contribution in [0.25, 0.3) is 21.9 Å². The Bertz CT molecular complexity index is 1300. The van der Waals surface area contributed by atoms with Gasteiger partial charge in [0.25, 0.3) is 0 Å². The molecule has 0 nitrogen and oxygen atoms in total. The number of halogens is 1. The second-order valence-electron chi connectivity index (χ2n) is 9.42. The van der Waals surface area contributed by atoms with Crippen molar-refractivity contribution in [1.29, 1.82) is 0 Å². The van der Waals surface area contributed by atoms with E-state index in [1.807, 2.05) is 30.3 Å². The van der Waals surface area contributed by atoms with Gasteiger partial charge in [0.2, 0.25) is 0 Å². The van der Waals surface area contributed by atoms with Gasteiger partial charge in [0, 0.05) is 10.9 Å². The average molecular weight is 463 g/mol. The van der Waals surface area contributed by atoms with Gasteiger partial charge in [0.1, 0.15) is 5.82 Å². The highest BCUT2D eigenvalue weighted by atomic mass is 19.1. The molecule has 0 N–H and O–H groups in total. The largest absolute Gasteiger partial charge is 0.205 e. The fourth-order valence-electron chi connectivity index (χ4n) is 4.48. The monoisotopic (exact) mass is 462 g/mol. The summed E-state index contributed by atoms with van der Waals surface area (Å²) in [5.74, 6) is 5.93. The molecule has 0 radical (unpaired) electrons. The third kappa shape index (κ3) is 6.61. The molecule has 0 saturated carbocycles. The summed E-state index contributed by atoms with van der Waals surface area (Å²) in [5.41, 5.74) is 6.33. The Labute approximate surface area is 210 Å². The van der Waals surface area contributed by atoms with Crippen LogP contribution in [0.5, 0.6) is 0 Å². The van der Waals surface area contributed by atoms with Crippen molar-refractivity contribution >= 4 is 10.8 Å². The smallest absolute Gasteiger partial charge is 0.146 e. The number of fused-ring (bicyclic) bond motifs is 1. The molecular weight excluding hydrogens is 427 g/mol. The molecule has 178 valence electrons. The van der Waals surface area contributed by atoms with E-state index in [0.29, 0.717) is 10.9 Å². The fraction of sp³-hybridized carbons (Fsp3) is 0.294. The molecule has 0 unspecified atom stereocenters. The molecule has 0 aliphatic heterocycles. The van der Waals surface area contributed by atoms with Gasteiger partial charge in [-0.3, -0.25) is 0 Å². The molecule has 0 bridgehead atoms. The molecule has 0 heterocycles. The van der Waals surface area contributed by atoms with Gasteiger partial charge in [-0.05, 0) is 77.6 Å². The molecule has 0 aromatic heterocycles. The van der Waals surface area contributed by atoms with E-state index >= 15 is 4.39 Å². The van der Waals surface area contributed by atoms with Crippen molar-refractivity contribution in [3.63, 3.8) is 0 Å². The van der Waals surface area contributed by atoms with Crippen LogP contribution in [-0.2, 0) is 12.8 Å². The van der Waals surface area contributed by atoms with E-state index in [-0.39, 0.29) is 5.82 Å². The first-order chi connectivity index (χ1) is 17.2. The summed E-state index contributed by atoms with van der Waals surface area (Å²) in [4.78, 5) is 0. The topological polar surface area (TPSA) is 0 Å². The lowest BCUT2D eigenvalue weighted by Crippen LogP contribution is -1.89. The lowest BCUT2D eigenvalue weighted by atomic mass is 9.98. The van der Waals surface area contributed by atoms with Gasteiger partial charge >= 0.3 is 0 Å². The molecule has 0 aliphatic carbocycles. The van der Waals surface area contributed by atoms with Gasteiger partial charge in [-0.15, -0.1) is 0 Å². The molecule has 0 amide bonds. The predicted octanol–water partition coefficient (Wildman–Crippen LogP) is 9.51. The van der Waals surface area contributed by atoms with Crippen LogP contribution in [-0.4, -0.2) is 0 Å². The number of unbranched alkanes of at least 4 members (excludes halogenated alkanes) is 4. The highest BCUT2D eigenvalue weighted by Gasteiger charge is 2.08. The quantitative estimate of drug-likeness (QED) is 0.172. The Morgan fingerprint density at radius 3 is 1.83 bits per heavy atom. The Morgan fingerprint density at radius 2 is 1.20 bits per heavy atom. The zero-order valence-corrected chi connectivity index (χ0v) is 21.0. The Hall–Kier alpha value is -3.37. The minimum Gasteiger partial charge on any atom is -0.205 e. The SMILES string of the molecule is CCCCCc1ccc(C#Cc2ccc3cc(-c4ccc(CCCCC)cc4)ccc3c2F)cc1. The zero-order valence-electron chi connectivity index (χ0n) is 21.0. The lowest BCUT2D eigenvalue weighted by Gasteiger charge is -2.08. The van der Waals surface area contributed by atoms with Gasteiger partial charge < -0.3 is 0 Å². The van der Waals surface area contributed by atoms with E-state index in [4.69, 9.17) is 0 Å². The van der Waals surface area contributed by atoms with Crippen LogP contribution in [0, 0.1) is 17.7 Å². The van der Waals surface area contributed by atoms with Crippen LogP contribution in [0.3, 0.4) is 0 Å². The van der Waals surface area contributed by atoms with Crippen molar-refractivity contribution < 1.29 is 4.39 Å². The molecule has 35 heavy (non-hydrogen) atoms.